The summed E-state index contributed by atoms with van der Waals surface area (Å²) >= 11 is 0. The van der Waals surface area contributed by atoms with Crippen LogP contribution in [0, 0.1) is 0 Å². The van der Waals surface area contributed by atoms with Gasteiger partial charge in [-0.2, -0.15) is 0 Å². The van der Waals surface area contributed by atoms with Crippen LogP contribution in [0.5, 0.6) is 0 Å². The van der Waals surface area contributed by atoms with Gasteiger partial charge in [-0.25, -0.2) is 0 Å². The van der Waals surface area contributed by atoms with E-state index < -0.39 is 0 Å². The maximum Gasteiger partial charge on any atom is 0.325 e. The molecule has 0 amide bonds. The molecule has 0 bridgehead atoms. The Bertz CT molecular complexity index is 348. The van der Waals surface area contributed by atoms with E-state index in [1.165, 1.54) is 5.56 Å². The quantitative estimate of drug-likeness (QED) is 0.777. The lowest BCUT2D eigenvalue weighted by molar-refractivity contribution is -0.145. The first kappa shape index (κ1) is 12.6. The van der Waals surface area contributed by atoms with Crippen molar-refractivity contribution in [3.05, 3.63) is 29.8 Å². The second-order valence-electron chi connectivity index (χ2n) is 3.90. The summed E-state index contributed by atoms with van der Waals surface area (Å²) in [5.41, 5.74) is 2.21. The Morgan fingerprint density at radius 2 is 2.06 bits per heavy atom. The molecule has 0 atom stereocenters. The number of hydrogen-bond acceptors (Lipinski definition) is 3. The molecule has 1 rings (SSSR count). The van der Waals surface area contributed by atoms with Crippen LogP contribution >= 0.6 is 0 Å². The van der Waals surface area contributed by atoms with Crippen molar-refractivity contribution in [3.8, 4) is 0 Å². The molecule has 88 valence electrons. The lowest BCUT2D eigenvalue weighted by atomic mass is 10.1. The molecule has 3 heteroatoms. The average Bonchev–Trinajstić information content (AvgIpc) is 2.26. The van der Waals surface area contributed by atoms with E-state index in [-0.39, 0.29) is 18.6 Å². The Morgan fingerprint density at radius 1 is 1.38 bits per heavy atom. The molecular formula is C13H19NO2. The van der Waals surface area contributed by atoms with Crippen LogP contribution in [-0.2, 0) is 16.0 Å². The molecule has 0 unspecified atom stereocenters. The van der Waals surface area contributed by atoms with Gasteiger partial charge in [0.25, 0.3) is 0 Å². The number of nitrogens with one attached hydrogen (secondary N) is 1. The van der Waals surface area contributed by atoms with Crippen molar-refractivity contribution in [2.45, 2.75) is 33.3 Å². The fourth-order valence-corrected chi connectivity index (χ4v) is 1.47. The van der Waals surface area contributed by atoms with Gasteiger partial charge in [-0.1, -0.05) is 25.1 Å². The maximum absolute atomic E-state index is 11.3. The first-order valence-electron chi connectivity index (χ1n) is 5.64. The molecule has 3 nitrogen and oxygen atoms in total. The van der Waals surface area contributed by atoms with E-state index in [0.717, 1.165) is 12.1 Å². The summed E-state index contributed by atoms with van der Waals surface area (Å²) in [5, 5.41) is 3.09. The molecule has 0 saturated heterocycles. The highest BCUT2D eigenvalue weighted by Crippen LogP contribution is 2.14. The summed E-state index contributed by atoms with van der Waals surface area (Å²) in [6.07, 6.45) is 0.887. The van der Waals surface area contributed by atoms with E-state index in [1.54, 1.807) is 0 Å². The minimum absolute atomic E-state index is 0.0595. The molecule has 0 saturated carbocycles. The zero-order chi connectivity index (χ0) is 12.0. The predicted molar refractivity (Wildman–Crippen MR) is 65.5 cm³/mol. The molecule has 1 N–H and O–H groups in total. The van der Waals surface area contributed by atoms with Crippen molar-refractivity contribution in [2.24, 2.45) is 0 Å². The minimum atomic E-state index is -0.221. The number of para-hydroxylation sites is 1. The molecule has 0 spiro atoms. The first-order valence-corrected chi connectivity index (χ1v) is 5.64. The highest BCUT2D eigenvalue weighted by Gasteiger charge is 2.06. The Hall–Kier alpha value is -1.51. The van der Waals surface area contributed by atoms with Crippen molar-refractivity contribution in [3.63, 3.8) is 0 Å². The summed E-state index contributed by atoms with van der Waals surface area (Å²) in [6.45, 7) is 6.00. The Balaban J connectivity index is 2.51. The zero-order valence-electron chi connectivity index (χ0n) is 10.1. The molecule has 0 aliphatic rings. The standard InChI is InChI=1S/C13H19NO2/c1-4-11-7-5-6-8-12(11)14-9-13(15)16-10(2)3/h5-8,10,14H,4,9H2,1-3H3. The minimum Gasteiger partial charge on any atom is -0.462 e. The van der Waals surface area contributed by atoms with E-state index in [0.29, 0.717) is 0 Å². The van der Waals surface area contributed by atoms with Gasteiger partial charge in [0.1, 0.15) is 6.54 Å². The number of rotatable bonds is 5. The number of aryl methyl sites for hydroxylation is 1. The van der Waals surface area contributed by atoms with Crippen LogP contribution in [0.25, 0.3) is 0 Å². The second-order valence-corrected chi connectivity index (χ2v) is 3.90. The fourth-order valence-electron chi connectivity index (χ4n) is 1.47. The monoisotopic (exact) mass is 221 g/mol. The third-order valence-electron chi connectivity index (χ3n) is 2.19. The Morgan fingerprint density at radius 3 is 2.69 bits per heavy atom. The van der Waals surface area contributed by atoms with Crippen molar-refractivity contribution < 1.29 is 9.53 Å². The maximum atomic E-state index is 11.3. The highest BCUT2D eigenvalue weighted by atomic mass is 16.5. The number of benzene rings is 1. The number of carbonyl (C=O) groups excluding carboxylic acids is 1. The van der Waals surface area contributed by atoms with Crippen molar-refractivity contribution >= 4 is 11.7 Å². The van der Waals surface area contributed by atoms with E-state index >= 15 is 0 Å². The van der Waals surface area contributed by atoms with Crippen LogP contribution in [0.2, 0.25) is 0 Å². The molecule has 0 heterocycles. The second kappa shape index (κ2) is 6.16. The number of ether oxygens (including phenoxy) is 1. The van der Waals surface area contributed by atoms with Gasteiger partial charge in [-0.15, -0.1) is 0 Å². The summed E-state index contributed by atoms with van der Waals surface area (Å²) in [6, 6.07) is 7.98. The smallest absolute Gasteiger partial charge is 0.325 e. The normalized spacial score (nSPS) is 10.2. The summed E-state index contributed by atoms with van der Waals surface area (Å²) in [4.78, 5) is 11.3. The molecule has 1 aromatic rings. The topological polar surface area (TPSA) is 38.3 Å². The number of esters is 1. The van der Waals surface area contributed by atoms with Crippen LogP contribution in [0.1, 0.15) is 26.3 Å². The average molecular weight is 221 g/mol. The van der Waals surface area contributed by atoms with Gasteiger partial charge in [-0.3, -0.25) is 4.79 Å². The molecule has 0 radical (unpaired) electrons. The third-order valence-corrected chi connectivity index (χ3v) is 2.19. The summed E-state index contributed by atoms with van der Waals surface area (Å²) in [5.74, 6) is -0.221. The molecule has 16 heavy (non-hydrogen) atoms. The first-order chi connectivity index (χ1) is 7.63. The SMILES string of the molecule is CCc1ccccc1NCC(=O)OC(C)C. The van der Waals surface area contributed by atoms with Crippen LogP contribution in [-0.4, -0.2) is 18.6 Å². The van der Waals surface area contributed by atoms with Crippen molar-refractivity contribution in [1.82, 2.24) is 0 Å². The number of anilines is 1. The molecule has 0 aliphatic heterocycles. The molecular weight excluding hydrogens is 202 g/mol. The Labute approximate surface area is 96.8 Å². The van der Waals surface area contributed by atoms with Gasteiger partial charge in [0, 0.05) is 5.69 Å². The van der Waals surface area contributed by atoms with E-state index in [9.17, 15) is 4.79 Å². The molecule has 0 aliphatic carbocycles. The number of hydrogen-bond donors (Lipinski definition) is 1. The Kier molecular flexibility index (Phi) is 4.83. The van der Waals surface area contributed by atoms with Gasteiger partial charge < -0.3 is 10.1 Å². The van der Waals surface area contributed by atoms with Gasteiger partial charge in [-0.05, 0) is 31.9 Å². The predicted octanol–water partition coefficient (Wildman–Crippen LogP) is 2.61. The van der Waals surface area contributed by atoms with Gasteiger partial charge in [0.05, 0.1) is 6.10 Å². The van der Waals surface area contributed by atoms with Crippen molar-refractivity contribution in [2.75, 3.05) is 11.9 Å². The van der Waals surface area contributed by atoms with E-state index in [2.05, 4.69) is 18.3 Å². The van der Waals surface area contributed by atoms with Gasteiger partial charge in [0.15, 0.2) is 0 Å². The fraction of sp³-hybridized carbons (Fsp3) is 0.462. The van der Waals surface area contributed by atoms with Crippen LogP contribution in [0.4, 0.5) is 5.69 Å². The van der Waals surface area contributed by atoms with Crippen LogP contribution in [0.15, 0.2) is 24.3 Å². The molecule has 1 aromatic carbocycles. The molecule has 0 fully saturated rings. The van der Waals surface area contributed by atoms with Crippen LogP contribution < -0.4 is 5.32 Å². The zero-order valence-corrected chi connectivity index (χ0v) is 10.1. The summed E-state index contributed by atoms with van der Waals surface area (Å²) < 4.78 is 5.04. The largest absolute Gasteiger partial charge is 0.462 e. The van der Waals surface area contributed by atoms with Crippen molar-refractivity contribution in [1.29, 1.82) is 0 Å². The lowest BCUT2D eigenvalue weighted by Gasteiger charge is -2.11. The van der Waals surface area contributed by atoms with E-state index in [1.807, 2.05) is 32.0 Å². The third kappa shape index (κ3) is 3.93. The van der Waals surface area contributed by atoms with E-state index in [4.69, 9.17) is 4.74 Å². The molecule has 0 aromatic heterocycles. The van der Waals surface area contributed by atoms with Gasteiger partial charge in [0.2, 0.25) is 0 Å². The summed E-state index contributed by atoms with van der Waals surface area (Å²) in [7, 11) is 0. The highest BCUT2D eigenvalue weighted by molar-refractivity contribution is 5.75. The number of carbonyl (C=O) groups is 1. The lowest BCUT2D eigenvalue weighted by Crippen LogP contribution is -2.20. The van der Waals surface area contributed by atoms with Gasteiger partial charge >= 0.3 is 5.97 Å². The van der Waals surface area contributed by atoms with Crippen LogP contribution in [0.3, 0.4) is 0 Å².